The Morgan fingerprint density at radius 1 is 0.800 bits per heavy atom. The number of ether oxygens (including phenoxy) is 4. The number of benzene rings is 2. The molecule has 6 N–H and O–H groups in total. The molecule has 2 aromatic carbocycles. The number of hydrogen-bond acceptors (Lipinski definition) is 12. The smallest absolute Gasteiger partial charge is 0.339 e. The Morgan fingerprint density at radius 3 is 1.83 bits per heavy atom. The Labute approximate surface area is 198 Å². The van der Waals surface area contributed by atoms with Gasteiger partial charge in [0.25, 0.3) is 0 Å². The van der Waals surface area contributed by atoms with Gasteiger partial charge >= 0.3 is 11.9 Å². The highest BCUT2D eigenvalue weighted by atomic mass is 16.7. The van der Waals surface area contributed by atoms with Gasteiger partial charge in [-0.2, -0.15) is 0 Å². The number of hydrogen-bond donors (Lipinski definition) is 6. The molecule has 0 radical (unpaired) electrons. The van der Waals surface area contributed by atoms with Gasteiger partial charge in [0.15, 0.2) is 29.3 Å². The van der Waals surface area contributed by atoms with E-state index in [0.29, 0.717) is 0 Å². The van der Waals surface area contributed by atoms with Gasteiger partial charge < -0.3 is 49.6 Å². The zero-order valence-corrected chi connectivity index (χ0v) is 18.9. The highest BCUT2D eigenvalue weighted by Crippen LogP contribution is 2.53. The highest BCUT2D eigenvalue weighted by molar-refractivity contribution is 6.08. The second-order valence-corrected chi connectivity index (χ2v) is 8.50. The normalized spacial score (nSPS) is 26.4. The van der Waals surface area contributed by atoms with Crippen molar-refractivity contribution in [1.82, 2.24) is 0 Å². The van der Waals surface area contributed by atoms with Crippen LogP contribution >= 0.6 is 0 Å². The molecular weight excluding hydrogens is 468 g/mol. The zero-order valence-electron chi connectivity index (χ0n) is 18.9. The number of cyclic esters (lactones) is 1. The molecule has 188 valence electrons. The number of carbonyl (C=O) groups excluding carboxylic acids is 2. The van der Waals surface area contributed by atoms with E-state index >= 15 is 0 Å². The molecule has 2 aliphatic rings. The Kier molecular flexibility index (Phi) is 6.03. The number of carbonyl (C=O) groups is 2. The molecule has 0 spiro atoms. The van der Waals surface area contributed by atoms with Gasteiger partial charge in [0.1, 0.15) is 18.8 Å². The first-order chi connectivity index (χ1) is 16.5. The molecule has 0 bridgehead atoms. The minimum absolute atomic E-state index is 0.258. The quantitative estimate of drug-likeness (QED) is 0.251. The van der Waals surface area contributed by atoms with Crippen molar-refractivity contribution in [2.45, 2.75) is 32.3 Å². The number of rotatable bonds is 1. The van der Waals surface area contributed by atoms with Crippen LogP contribution < -0.4 is 0 Å². The molecule has 0 aliphatic carbocycles. The summed E-state index contributed by atoms with van der Waals surface area (Å²) in [5.41, 5.74) is -2.41. The Bertz CT molecular complexity index is 1210. The van der Waals surface area contributed by atoms with Crippen molar-refractivity contribution in [2.24, 2.45) is 11.8 Å². The lowest BCUT2D eigenvalue weighted by molar-refractivity contribution is -0.259. The summed E-state index contributed by atoms with van der Waals surface area (Å²) in [5, 5.41) is 61.5. The Balaban J connectivity index is 1.99. The van der Waals surface area contributed by atoms with E-state index in [1.165, 1.54) is 7.11 Å². The fraction of sp³-hybridized carbons (Fsp3) is 0.391. The predicted molar refractivity (Wildman–Crippen MR) is 115 cm³/mol. The monoisotopic (exact) mass is 492 g/mol. The van der Waals surface area contributed by atoms with Crippen molar-refractivity contribution < 1.29 is 59.2 Å². The predicted octanol–water partition coefficient (Wildman–Crippen LogP) is 1.93. The summed E-state index contributed by atoms with van der Waals surface area (Å²) in [4.78, 5) is 26.4. The summed E-state index contributed by atoms with van der Waals surface area (Å²) >= 11 is 0. The van der Waals surface area contributed by atoms with Crippen LogP contribution in [0.1, 0.15) is 34.6 Å². The third-order valence-corrected chi connectivity index (χ3v) is 6.50. The minimum atomic E-state index is -1.12. The van der Waals surface area contributed by atoms with Crippen LogP contribution in [0.2, 0.25) is 0 Å². The van der Waals surface area contributed by atoms with Crippen LogP contribution in [0, 0.1) is 11.8 Å². The lowest BCUT2D eigenvalue weighted by Crippen LogP contribution is -2.53. The standard InChI is InChI=1S/C23H24O12/c1-7-8(2)23(32-3)34-13-6-33-21(30)9-4-11(24)16(26)18(28)14(9)15-10(22(31)35-20(7)13)5-12(25)17(27)19(15)29/h4-5,7-8,13,20,23-29H,6H2,1-3H3/t7-,8?,13?,20-,23-/m0/s1. The molecule has 2 unspecified atom stereocenters. The van der Waals surface area contributed by atoms with Gasteiger partial charge in [-0.1, -0.05) is 13.8 Å². The third kappa shape index (κ3) is 3.80. The second-order valence-electron chi connectivity index (χ2n) is 8.50. The summed E-state index contributed by atoms with van der Waals surface area (Å²) in [6.45, 7) is 3.16. The number of aromatic hydroxyl groups is 6. The first-order valence-corrected chi connectivity index (χ1v) is 10.6. The topological polar surface area (TPSA) is 192 Å². The fourth-order valence-corrected chi connectivity index (χ4v) is 4.39. The van der Waals surface area contributed by atoms with Crippen molar-refractivity contribution in [3.8, 4) is 45.6 Å². The minimum Gasteiger partial charge on any atom is -0.504 e. The molecule has 2 aliphatic heterocycles. The maximum absolute atomic E-state index is 13.3. The molecule has 12 nitrogen and oxygen atoms in total. The van der Waals surface area contributed by atoms with Crippen molar-refractivity contribution in [3.63, 3.8) is 0 Å². The van der Waals surface area contributed by atoms with Crippen LogP contribution in [0.25, 0.3) is 11.1 Å². The molecule has 5 atom stereocenters. The summed E-state index contributed by atoms with van der Waals surface area (Å²) < 4.78 is 22.2. The Hall–Kier alpha value is -3.90. The van der Waals surface area contributed by atoms with Crippen LogP contribution in [0.3, 0.4) is 0 Å². The number of fused-ring (bicyclic) bond motifs is 4. The summed E-state index contributed by atoms with van der Waals surface area (Å²) in [5.74, 6) is -8.97. The molecule has 4 rings (SSSR count). The van der Waals surface area contributed by atoms with Crippen LogP contribution in [0.4, 0.5) is 0 Å². The van der Waals surface area contributed by atoms with E-state index in [1.807, 2.05) is 6.92 Å². The lowest BCUT2D eigenvalue weighted by Gasteiger charge is -2.43. The second kappa shape index (κ2) is 8.71. The first-order valence-electron chi connectivity index (χ1n) is 10.6. The van der Waals surface area contributed by atoms with Crippen molar-refractivity contribution in [3.05, 3.63) is 23.3 Å². The van der Waals surface area contributed by atoms with Gasteiger partial charge in [0, 0.05) is 30.1 Å². The van der Waals surface area contributed by atoms with Crippen molar-refractivity contribution >= 4 is 11.9 Å². The molecule has 1 saturated heterocycles. The molecule has 2 heterocycles. The summed E-state index contributed by atoms with van der Waals surface area (Å²) in [6, 6.07) is 1.53. The lowest BCUT2D eigenvalue weighted by atomic mass is 9.84. The average molecular weight is 492 g/mol. The van der Waals surface area contributed by atoms with Crippen LogP contribution in [0.5, 0.6) is 34.5 Å². The van der Waals surface area contributed by atoms with Gasteiger partial charge in [0.05, 0.1) is 11.1 Å². The first kappa shape index (κ1) is 24.2. The average Bonchev–Trinajstić information content (AvgIpc) is 2.84. The molecule has 0 aromatic heterocycles. The molecule has 2 aromatic rings. The van der Waals surface area contributed by atoms with Crippen molar-refractivity contribution in [2.75, 3.05) is 13.7 Å². The van der Waals surface area contributed by atoms with E-state index in [1.54, 1.807) is 6.92 Å². The van der Waals surface area contributed by atoms with Gasteiger partial charge in [-0.3, -0.25) is 0 Å². The number of phenolic OH excluding ortho intramolecular Hbond substituents is 6. The zero-order chi connectivity index (χ0) is 25.8. The third-order valence-electron chi connectivity index (χ3n) is 6.50. The maximum Gasteiger partial charge on any atom is 0.339 e. The molecule has 35 heavy (non-hydrogen) atoms. The number of esters is 2. The molecule has 1 fully saturated rings. The highest BCUT2D eigenvalue weighted by Gasteiger charge is 2.46. The SMILES string of the molecule is CO[C@H]1OC2COC(=O)c3cc(O)c(O)c(O)c3-c3c(cc(O)c(O)c3O)C(=O)O[C@H]2[C@@H](C)C1C. The van der Waals surface area contributed by atoms with E-state index in [2.05, 4.69) is 0 Å². The van der Waals surface area contributed by atoms with Gasteiger partial charge in [0.2, 0.25) is 11.5 Å². The fourth-order valence-electron chi connectivity index (χ4n) is 4.39. The summed E-state index contributed by atoms with van der Waals surface area (Å²) in [7, 11) is 1.43. The van der Waals surface area contributed by atoms with E-state index in [0.717, 1.165) is 12.1 Å². The molecule has 12 heteroatoms. The Morgan fingerprint density at radius 2 is 1.31 bits per heavy atom. The molecular formula is C23H24O12. The molecule has 0 saturated carbocycles. The maximum atomic E-state index is 13.3. The number of methoxy groups -OCH3 is 1. The van der Waals surface area contributed by atoms with Gasteiger partial charge in [-0.25, -0.2) is 9.59 Å². The van der Waals surface area contributed by atoms with Crippen LogP contribution in [-0.2, 0) is 18.9 Å². The van der Waals surface area contributed by atoms with Gasteiger partial charge in [-0.05, 0) is 12.1 Å². The van der Waals surface area contributed by atoms with E-state index < -0.39 is 93.8 Å². The van der Waals surface area contributed by atoms with Crippen LogP contribution in [0.15, 0.2) is 12.1 Å². The van der Waals surface area contributed by atoms with E-state index in [-0.39, 0.29) is 11.8 Å². The van der Waals surface area contributed by atoms with Gasteiger partial charge in [-0.15, -0.1) is 0 Å². The molecule has 0 amide bonds. The summed E-state index contributed by atoms with van der Waals surface area (Å²) in [6.07, 6.45) is -2.66. The number of phenols is 6. The van der Waals surface area contributed by atoms with E-state index in [9.17, 15) is 40.2 Å². The van der Waals surface area contributed by atoms with Crippen molar-refractivity contribution in [1.29, 1.82) is 0 Å². The largest absolute Gasteiger partial charge is 0.504 e. The van der Waals surface area contributed by atoms with Crippen LogP contribution in [-0.4, -0.2) is 74.8 Å². The van der Waals surface area contributed by atoms with E-state index in [4.69, 9.17) is 18.9 Å².